The summed E-state index contributed by atoms with van der Waals surface area (Å²) in [6.07, 6.45) is 1.76. The fraction of sp³-hybridized carbons (Fsp3) is 0.400. The predicted molar refractivity (Wildman–Crippen MR) is 80.7 cm³/mol. The van der Waals surface area contributed by atoms with Gasteiger partial charge in [0.05, 0.1) is 12.2 Å². The summed E-state index contributed by atoms with van der Waals surface area (Å²) in [5.74, 6) is 1.32. The zero-order valence-electron chi connectivity index (χ0n) is 12.1. The Kier molecular flexibility index (Phi) is 5.50. The van der Waals surface area contributed by atoms with Crippen LogP contribution in [0.2, 0.25) is 0 Å². The lowest BCUT2D eigenvalue weighted by atomic mass is 10.2. The molecule has 0 aliphatic rings. The average Bonchev–Trinajstić information content (AvgIpc) is 2.84. The molecule has 2 aromatic rings. The van der Waals surface area contributed by atoms with Crippen molar-refractivity contribution in [3.63, 3.8) is 0 Å². The Morgan fingerprint density at radius 1 is 1.33 bits per heavy atom. The standard InChI is InChI=1S/C15H18FN3OS/c1-11(2)8-19-15(17-10-18-19)7-13(20)9-21-14-5-3-12(16)4-6-14/h3-6,10-11H,7-9H2,1-2H3. The van der Waals surface area contributed by atoms with Crippen molar-refractivity contribution >= 4 is 17.5 Å². The maximum atomic E-state index is 12.8. The molecule has 0 N–H and O–H groups in total. The summed E-state index contributed by atoms with van der Waals surface area (Å²) in [6, 6.07) is 6.14. The lowest BCUT2D eigenvalue weighted by Gasteiger charge is -2.08. The summed E-state index contributed by atoms with van der Waals surface area (Å²) in [5.41, 5.74) is 0. The Hall–Kier alpha value is -1.69. The summed E-state index contributed by atoms with van der Waals surface area (Å²) >= 11 is 1.41. The lowest BCUT2D eigenvalue weighted by molar-refractivity contribution is -0.116. The van der Waals surface area contributed by atoms with Gasteiger partial charge in [-0.25, -0.2) is 14.1 Å². The first-order chi connectivity index (χ1) is 10.0. The number of nitrogens with zero attached hydrogens (tertiary/aromatic N) is 3. The van der Waals surface area contributed by atoms with E-state index in [2.05, 4.69) is 23.9 Å². The monoisotopic (exact) mass is 307 g/mol. The summed E-state index contributed by atoms with van der Waals surface area (Å²) in [5, 5.41) is 4.14. The maximum Gasteiger partial charge on any atom is 0.150 e. The number of thioether (sulfide) groups is 1. The minimum Gasteiger partial charge on any atom is -0.298 e. The highest BCUT2D eigenvalue weighted by Crippen LogP contribution is 2.18. The van der Waals surface area contributed by atoms with Gasteiger partial charge in [0.15, 0.2) is 5.78 Å². The average molecular weight is 307 g/mol. The molecule has 0 atom stereocenters. The molecule has 0 amide bonds. The minimum absolute atomic E-state index is 0.0855. The van der Waals surface area contributed by atoms with E-state index < -0.39 is 0 Å². The van der Waals surface area contributed by atoms with Crippen molar-refractivity contribution in [3.8, 4) is 0 Å². The van der Waals surface area contributed by atoms with E-state index in [0.29, 0.717) is 17.5 Å². The summed E-state index contributed by atoms with van der Waals surface area (Å²) in [6.45, 7) is 4.95. The minimum atomic E-state index is -0.271. The highest BCUT2D eigenvalue weighted by molar-refractivity contribution is 8.00. The van der Waals surface area contributed by atoms with Crippen molar-refractivity contribution in [1.82, 2.24) is 14.8 Å². The van der Waals surface area contributed by atoms with Crippen LogP contribution in [-0.4, -0.2) is 26.3 Å². The fourth-order valence-electron chi connectivity index (χ4n) is 1.85. The smallest absolute Gasteiger partial charge is 0.150 e. The Bertz CT molecular complexity index is 595. The molecule has 0 unspecified atom stereocenters. The molecule has 0 spiro atoms. The van der Waals surface area contributed by atoms with Crippen LogP contribution in [0.15, 0.2) is 35.5 Å². The molecule has 6 heteroatoms. The molecule has 112 valence electrons. The number of ketones is 1. The molecule has 0 aliphatic carbocycles. The second-order valence-corrected chi connectivity index (χ2v) is 6.26. The van der Waals surface area contributed by atoms with Gasteiger partial charge in [0.1, 0.15) is 18.0 Å². The van der Waals surface area contributed by atoms with E-state index >= 15 is 0 Å². The third kappa shape index (κ3) is 4.97. The highest BCUT2D eigenvalue weighted by atomic mass is 32.2. The van der Waals surface area contributed by atoms with Crippen LogP contribution in [0.4, 0.5) is 4.39 Å². The number of aromatic nitrogens is 3. The van der Waals surface area contributed by atoms with Gasteiger partial charge in [-0.2, -0.15) is 5.10 Å². The van der Waals surface area contributed by atoms with Crippen LogP contribution in [0, 0.1) is 11.7 Å². The maximum absolute atomic E-state index is 12.8. The van der Waals surface area contributed by atoms with E-state index in [1.807, 2.05) is 0 Å². The molecule has 4 nitrogen and oxygen atoms in total. The molecule has 0 bridgehead atoms. The van der Waals surface area contributed by atoms with Gasteiger partial charge >= 0.3 is 0 Å². The Morgan fingerprint density at radius 3 is 2.71 bits per heavy atom. The van der Waals surface area contributed by atoms with Gasteiger partial charge in [0.25, 0.3) is 0 Å². The van der Waals surface area contributed by atoms with Gasteiger partial charge in [0.2, 0.25) is 0 Å². The van der Waals surface area contributed by atoms with Crippen molar-refractivity contribution in [1.29, 1.82) is 0 Å². The molecule has 2 rings (SSSR count). The molecule has 21 heavy (non-hydrogen) atoms. The van der Waals surface area contributed by atoms with Crippen LogP contribution >= 0.6 is 11.8 Å². The normalized spacial score (nSPS) is 11.0. The van der Waals surface area contributed by atoms with Crippen LogP contribution < -0.4 is 0 Å². The van der Waals surface area contributed by atoms with E-state index in [9.17, 15) is 9.18 Å². The van der Waals surface area contributed by atoms with Crippen molar-refractivity contribution < 1.29 is 9.18 Å². The van der Waals surface area contributed by atoms with Gasteiger partial charge in [-0.05, 0) is 30.2 Å². The summed E-state index contributed by atoms with van der Waals surface area (Å²) < 4.78 is 14.6. The van der Waals surface area contributed by atoms with Gasteiger partial charge in [-0.3, -0.25) is 4.79 Å². The largest absolute Gasteiger partial charge is 0.298 e. The lowest BCUT2D eigenvalue weighted by Crippen LogP contribution is -2.15. The second kappa shape index (κ2) is 7.36. The van der Waals surface area contributed by atoms with Crippen LogP contribution in [0.1, 0.15) is 19.7 Å². The van der Waals surface area contributed by atoms with Crippen LogP contribution in [-0.2, 0) is 17.8 Å². The number of benzene rings is 1. The van der Waals surface area contributed by atoms with E-state index in [1.165, 1.54) is 30.2 Å². The molecular formula is C15H18FN3OS. The van der Waals surface area contributed by atoms with Crippen molar-refractivity contribution in [2.45, 2.75) is 31.7 Å². The first-order valence-corrected chi connectivity index (χ1v) is 7.80. The molecule has 0 aliphatic heterocycles. The van der Waals surface area contributed by atoms with Crippen LogP contribution in [0.25, 0.3) is 0 Å². The number of hydrogen-bond donors (Lipinski definition) is 0. The van der Waals surface area contributed by atoms with Crippen molar-refractivity contribution in [2.75, 3.05) is 5.75 Å². The predicted octanol–water partition coefficient (Wildman–Crippen LogP) is 2.98. The zero-order valence-corrected chi connectivity index (χ0v) is 12.9. The molecular weight excluding hydrogens is 289 g/mol. The highest BCUT2D eigenvalue weighted by Gasteiger charge is 2.11. The van der Waals surface area contributed by atoms with E-state index in [4.69, 9.17) is 0 Å². The topological polar surface area (TPSA) is 47.8 Å². The van der Waals surface area contributed by atoms with Crippen LogP contribution in [0.3, 0.4) is 0 Å². The number of rotatable bonds is 7. The Morgan fingerprint density at radius 2 is 2.05 bits per heavy atom. The van der Waals surface area contributed by atoms with Crippen molar-refractivity contribution in [2.24, 2.45) is 5.92 Å². The van der Waals surface area contributed by atoms with Gasteiger partial charge in [-0.15, -0.1) is 11.8 Å². The number of carbonyl (C=O) groups excluding carboxylic acids is 1. The SMILES string of the molecule is CC(C)Cn1ncnc1CC(=O)CSc1ccc(F)cc1. The molecule has 0 radical (unpaired) electrons. The summed E-state index contributed by atoms with van der Waals surface area (Å²) in [7, 11) is 0. The first kappa shape index (κ1) is 15.7. The Balaban J connectivity index is 1.87. The van der Waals surface area contributed by atoms with Gasteiger partial charge in [0, 0.05) is 11.4 Å². The summed E-state index contributed by atoms with van der Waals surface area (Å²) in [4.78, 5) is 17.0. The fourth-order valence-corrected chi connectivity index (χ4v) is 2.60. The second-order valence-electron chi connectivity index (χ2n) is 5.21. The van der Waals surface area contributed by atoms with Crippen molar-refractivity contribution in [3.05, 3.63) is 42.2 Å². The zero-order chi connectivity index (χ0) is 15.2. The third-order valence-electron chi connectivity index (χ3n) is 2.80. The quantitative estimate of drug-likeness (QED) is 0.738. The number of Topliss-reactive ketones (excluding diaryl/α,β-unsaturated/α-hetero) is 1. The molecule has 1 aromatic carbocycles. The Labute approximate surface area is 127 Å². The molecule has 1 aromatic heterocycles. The van der Waals surface area contributed by atoms with Gasteiger partial charge < -0.3 is 0 Å². The number of carbonyl (C=O) groups is 1. The molecule has 0 saturated carbocycles. The van der Waals surface area contributed by atoms with E-state index in [-0.39, 0.29) is 18.0 Å². The molecule has 0 fully saturated rings. The third-order valence-corrected chi connectivity index (χ3v) is 3.87. The molecule has 0 saturated heterocycles. The van der Waals surface area contributed by atoms with Crippen LogP contribution in [0.5, 0.6) is 0 Å². The van der Waals surface area contributed by atoms with Gasteiger partial charge in [-0.1, -0.05) is 13.8 Å². The van der Waals surface area contributed by atoms with E-state index in [1.54, 1.807) is 16.8 Å². The molecule has 1 heterocycles. The first-order valence-electron chi connectivity index (χ1n) is 6.81. The number of hydrogen-bond acceptors (Lipinski definition) is 4. The van der Waals surface area contributed by atoms with E-state index in [0.717, 1.165) is 11.4 Å². The number of halogens is 1.